The molecule has 0 aliphatic carbocycles. The molecule has 0 rings (SSSR count). The van der Waals surface area contributed by atoms with Crippen molar-refractivity contribution in [1.82, 2.24) is 0 Å². The molecule has 0 heterocycles. The van der Waals surface area contributed by atoms with Crippen molar-refractivity contribution < 1.29 is 21.4 Å². The molecule has 0 N–H and O–H groups in total. The number of unbranched alkanes of at least 4 members (excludes halogenated alkanes) is 26. The van der Waals surface area contributed by atoms with Gasteiger partial charge in [0.15, 0.2) is 0 Å². The van der Waals surface area contributed by atoms with Gasteiger partial charge in [-0.3, -0.25) is 4.18 Å². The van der Waals surface area contributed by atoms with Gasteiger partial charge in [-0.25, -0.2) is 8.78 Å². The molecule has 0 atom stereocenters. The molecule has 39 heavy (non-hydrogen) atoms. The van der Waals surface area contributed by atoms with Crippen LogP contribution in [0.3, 0.4) is 0 Å². The Hall–Kier alpha value is -0.230. The van der Waals surface area contributed by atoms with E-state index in [0.29, 0.717) is 19.4 Å². The first-order valence-corrected chi connectivity index (χ1v) is 18.7. The van der Waals surface area contributed by atoms with Crippen molar-refractivity contribution in [3.63, 3.8) is 0 Å². The Morgan fingerprint density at radius 3 is 1.13 bits per heavy atom. The molecule has 0 saturated carbocycles. The monoisotopic (exact) mass is 580 g/mol. The first kappa shape index (κ1) is 38.8. The third-order valence-electron chi connectivity index (χ3n) is 7.83. The lowest BCUT2D eigenvalue weighted by molar-refractivity contribution is 0.133. The predicted molar refractivity (Wildman–Crippen MR) is 165 cm³/mol. The second-order valence-electron chi connectivity index (χ2n) is 11.8. The van der Waals surface area contributed by atoms with Crippen molar-refractivity contribution in [1.29, 1.82) is 0 Å². The molecule has 0 amide bonds. The fraction of sp³-hybridized carbons (Fsp3) is 1.00. The van der Waals surface area contributed by atoms with Crippen molar-refractivity contribution in [2.75, 3.05) is 12.4 Å². The Labute approximate surface area is 243 Å². The Bertz CT molecular complexity index is 569. The van der Waals surface area contributed by atoms with Gasteiger partial charge in [0.05, 0.1) is 12.4 Å². The number of rotatable bonds is 33. The molecule has 6 heteroatoms. The van der Waals surface area contributed by atoms with Gasteiger partial charge in [-0.15, -0.1) is 0 Å². The van der Waals surface area contributed by atoms with E-state index in [9.17, 15) is 17.2 Å². The van der Waals surface area contributed by atoms with Crippen LogP contribution in [0.1, 0.15) is 193 Å². The molecule has 0 fully saturated rings. The normalized spacial score (nSPS) is 12.1. The van der Waals surface area contributed by atoms with E-state index in [2.05, 4.69) is 6.92 Å². The molecule has 236 valence electrons. The fourth-order valence-electron chi connectivity index (χ4n) is 5.24. The molecule has 3 nitrogen and oxygen atoms in total. The van der Waals surface area contributed by atoms with Crippen LogP contribution in [0.4, 0.5) is 8.78 Å². The highest BCUT2D eigenvalue weighted by Crippen LogP contribution is 2.16. The van der Waals surface area contributed by atoms with Crippen molar-refractivity contribution >= 4 is 10.1 Å². The van der Waals surface area contributed by atoms with Crippen LogP contribution in [0.25, 0.3) is 0 Å². The SMILES string of the molecule is CCCCCCCCCCCCCCCCCCCCCCOS(=O)(=O)CCCCCCCCCCC(F)F. The third-order valence-corrected chi connectivity index (χ3v) is 9.14. The van der Waals surface area contributed by atoms with Gasteiger partial charge in [-0.05, 0) is 19.3 Å². The minimum atomic E-state index is -3.39. The van der Waals surface area contributed by atoms with Crippen LogP contribution >= 0.6 is 0 Å². The van der Waals surface area contributed by atoms with E-state index in [1.54, 1.807) is 0 Å². The lowest BCUT2D eigenvalue weighted by Crippen LogP contribution is -2.11. The summed E-state index contributed by atoms with van der Waals surface area (Å²) >= 11 is 0. The van der Waals surface area contributed by atoms with Crippen LogP contribution < -0.4 is 0 Å². The quantitative estimate of drug-likeness (QED) is 0.0573. The van der Waals surface area contributed by atoms with E-state index in [4.69, 9.17) is 4.18 Å². The summed E-state index contributed by atoms with van der Waals surface area (Å²) in [4.78, 5) is 0. The Kier molecular flexibility index (Phi) is 30.5. The van der Waals surface area contributed by atoms with Crippen LogP contribution in [0, 0.1) is 0 Å². The van der Waals surface area contributed by atoms with E-state index in [1.807, 2.05) is 0 Å². The van der Waals surface area contributed by atoms with Crippen LogP contribution in [0.2, 0.25) is 0 Å². The summed E-state index contributed by atoms with van der Waals surface area (Å²) in [6.45, 7) is 2.60. The number of halogens is 2. The van der Waals surface area contributed by atoms with Crippen LogP contribution in [-0.4, -0.2) is 27.2 Å². The van der Waals surface area contributed by atoms with E-state index in [1.165, 1.54) is 116 Å². The van der Waals surface area contributed by atoms with Gasteiger partial charge in [0.25, 0.3) is 10.1 Å². The van der Waals surface area contributed by atoms with Gasteiger partial charge < -0.3 is 0 Å². The molecule has 0 bridgehead atoms. The molecule has 0 unspecified atom stereocenters. The topological polar surface area (TPSA) is 43.4 Å². The highest BCUT2D eigenvalue weighted by atomic mass is 32.2. The first-order valence-electron chi connectivity index (χ1n) is 17.1. The number of alkyl halides is 2. The Morgan fingerprint density at radius 2 is 0.769 bits per heavy atom. The molecule has 0 spiro atoms. The Morgan fingerprint density at radius 1 is 0.462 bits per heavy atom. The van der Waals surface area contributed by atoms with Gasteiger partial charge in [0.2, 0.25) is 6.43 Å². The molecule has 0 saturated heterocycles. The molecule has 0 aliphatic rings. The third kappa shape index (κ3) is 33.9. The summed E-state index contributed by atoms with van der Waals surface area (Å²) in [5.74, 6) is 0.112. The summed E-state index contributed by atoms with van der Waals surface area (Å²) in [6.07, 6.45) is 31.6. The van der Waals surface area contributed by atoms with Crippen molar-refractivity contribution in [3.8, 4) is 0 Å². The number of hydrogen-bond donors (Lipinski definition) is 0. The molecule has 0 radical (unpaired) electrons. The average Bonchev–Trinajstić information content (AvgIpc) is 2.90. The minimum absolute atomic E-state index is 0.0113. The van der Waals surface area contributed by atoms with Crippen LogP contribution in [-0.2, 0) is 14.3 Å². The van der Waals surface area contributed by atoms with E-state index < -0.39 is 16.5 Å². The smallest absolute Gasteiger partial charge is 0.267 e. The zero-order chi connectivity index (χ0) is 28.7. The van der Waals surface area contributed by atoms with Crippen molar-refractivity contribution in [2.45, 2.75) is 200 Å². The zero-order valence-corrected chi connectivity index (χ0v) is 26.7. The Balaban J connectivity index is 3.26. The van der Waals surface area contributed by atoms with E-state index in [0.717, 1.165) is 51.4 Å². The van der Waals surface area contributed by atoms with Gasteiger partial charge in [-0.1, -0.05) is 167 Å². The second-order valence-corrected chi connectivity index (χ2v) is 13.6. The summed E-state index contributed by atoms with van der Waals surface area (Å²) < 4.78 is 53.3. The van der Waals surface area contributed by atoms with Gasteiger partial charge >= 0.3 is 0 Å². The van der Waals surface area contributed by atoms with Crippen LogP contribution in [0.5, 0.6) is 0 Å². The fourth-order valence-corrected chi connectivity index (χ4v) is 6.29. The lowest BCUT2D eigenvalue weighted by atomic mass is 10.0. The molecule has 0 aromatic rings. The van der Waals surface area contributed by atoms with Crippen molar-refractivity contribution in [3.05, 3.63) is 0 Å². The highest BCUT2D eigenvalue weighted by molar-refractivity contribution is 7.86. The molecular formula is C33H66F2O3S. The largest absolute Gasteiger partial charge is 0.270 e. The maximum absolute atomic E-state index is 12.1. The van der Waals surface area contributed by atoms with Gasteiger partial charge in [0.1, 0.15) is 0 Å². The van der Waals surface area contributed by atoms with Gasteiger partial charge in [-0.2, -0.15) is 8.42 Å². The second kappa shape index (κ2) is 30.7. The molecule has 0 aromatic carbocycles. The molecule has 0 aromatic heterocycles. The van der Waals surface area contributed by atoms with Gasteiger partial charge in [0, 0.05) is 6.42 Å². The van der Waals surface area contributed by atoms with Crippen LogP contribution in [0.15, 0.2) is 0 Å². The highest BCUT2D eigenvalue weighted by Gasteiger charge is 2.10. The summed E-state index contributed by atoms with van der Waals surface area (Å²) in [5, 5.41) is 0. The number of hydrogen-bond acceptors (Lipinski definition) is 3. The summed E-state index contributed by atoms with van der Waals surface area (Å²) in [5.41, 5.74) is 0. The van der Waals surface area contributed by atoms with E-state index in [-0.39, 0.29) is 12.2 Å². The molecule has 0 aliphatic heterocycles. The lowest BCUT2D eigenvalue weighted by Gasteiger charge is -2.06. The standard InChI is InChI=1S/C33H66F2O3S/c1-2-3-4-5-6-7-8-9-10-11-12-13-14-15-16-17-19-22-25-28-31-38-39(36,37)32-29-26-23-20-18-21-24-27-30-33(34)35/h33H,2-32H2,1H3. The van der Waals surface area contributed by atoms with Crippen molar-refractivity contribution in [2.24, 2.45) is 0 Å². The summed E-state index contributed by atoms with van der Waals surface area (Å²) in [7, 11) is -3.39. The first-order chi connectivity index (χ1) is 19.0. The zero-order valence-electron chi connectivity index (χ0n) is 25.9. The summed E-state index contributed by atoms with van der Waals surface area (Å²) in [6, 6.07) is 0. The minimum Gasteiger partial charge on any atom is -0.270 e. The predicted octanol–water partition coefficient (Wildman–Crippen LogP) is 11.9. The maximum atomic E-state index is 12.1. The van der Waals surface area contributed by atoms with E-state index >= 15 is 0 Å². The molecular weight excluding hydrogens is 514 g/mol. The maximum Gasteiger partial charge on any atom is 0.267 e. The average molecular weight is 581 g/mol.